The quantitative estimate of drug-likeness (QED) is 0.854. The predicted molar refractivity (Wildman–Crippen MR) is 99.1 cm³/mol. The summed E-state index contributed by atoms with van der Waals surface area (Å²) in [5, 5.41) is 8.09. The van der Waals surface area contributed by atoms with Gasteiger partial charge in [0.2, 0.25) is 5.91 Å². The molecule has 0 bridgehead atoms. The third-order valence-electron chi connectivity index (χ3n) is 6.05. The van der Waals surface area contributed by atoms with Crippen LogP contribution >= 0.6 is 0 Å². The van der Waals surface area contributed by atoms with Gasteiger partial charge in [0.25, 0.3) is 0 Å². The molecule has 0 unspecified atom stereocenters. The van der Waals surface area contributed by atoms with Crippen molar-refractivity contribution in [3.8, 4) is 0 Å². The summed E-state index contributed by atoms with van der Waals surface area (Å²) in [6.45, 7) is 7.95. The molecule has 3 aliphatic rings. The molecule has 3 fully saturated rings. The number of nitrogens with zero attached hydrogens (tertiary/aromatic N) is 4. The van der Waals surface area contributed by atoms with Gasteiger partial charge in [0.1, 0.15) is 6.54 Å². The number of carbonyl (C=O) groups is 1. The molecular formula is C19H31N5O2. The minimum absolute atomic E-state index is 0.196. The largest absolute Gasteiger partial charge is 0.379 e. The van der Waals surface area contributed by atoms with Gasteiger partial charge in [-0.05, 0) is 38.3 Å². The molecule has 7 heteroatoms. The Bertz CT molecular complexity index is 585. The van der Waals surface area contributed by atoms with Gasteiger partial charge in [-0.25, -0.2) is 0 Å². The zero-order valence-corrected chi connectivity index (χ0v) is 15.6. The molecule has 0 aromatic carbocycles. The first-order valence-corrected chi connectivity index (χ1v) is 10.1. The van der Waals surface area contributed by atoms with Crippen molar-refractivity contribution in [2.75, 3.05) is 52.5 Å². The van der Waals surface area contributed by atoms with Gasteiger partial charge in [-0.2, -0.15) is 5.10 Å². The summed E-state index contributed by atoms with van der Waals surface area (Å²) in [6, 6.07) is 2.69. The summed E-state index contributed by atoms with van der Waals surface area (Å²) in [5.74, 6) is 0.686. The van der Waals surface area contributed by atoms with Crippen LogP contribution in [0.3, 0.4) is 0 Å². The van der Waals surface area contributed by atoms with Crippen LogP contribution in [0.25, 0.3) is 0 Å². The smallest absolute Gasteiger partial charge is 0.244 e. The number of piperidine rings is 2. The maximum atomic E-state index is 12.7. The molecule has 1 aromatic rings. The van der Waals surface area contributed by atoms with Crippen LogP contribution in [0.4, 0.5) is 0 Å². The fraction of sp³-hybridized carbons (Fsp3) is 0.789. The van der Waals surface area contributed by atoms with Gasteiger partial charge in [-0.15, -0.1) is 0 Å². The Morgan fingerprint density at radius 1 is 1.19 bits per heavy atom. The highest BCUT2D eigenvalue weighted by Gasteiger charge is 2.28. The van der Waals surface area contributed by atoms with Crippen molar-refractivity contribution in [2.24, 2.45) is 0 Å². The van der Waals surface area contributed by atoms with Gasteiger partial charge >= 0.3 is 0 Å². The van der Waals surface area contributed by atoms with Gasteiger partial charge in [-0.1, -0.05) is 0 Å². The van der Waals surface area contributed by atoms with Crippen LogP contribution in [-0.2, 0) is 16.1 Å². The molecule has 3 saturated heterocycles. The van der Waals surface area contributed by atoms with Crippen LogP contribution in [0, 0.1) is 0 Å². The Morgan fingerprint density at radius 2 is 2.00 bits per heavy atom. The second-order valence-electron chi connectivity index (χ2n) is 7.74. The molecule has 0 radical (unpaired) electrons. The first-order chi connectivity index (χ1) is 12.8. The van der Waals surface area contributed by atoms with E-state index in [2.05, 4.69) is 21.4 Å². The number of rotatable bonds is 4. The summed E-state index contributed by atoms with van der Waals surface area (Å²) in [6.07, 6.45) is 6.50. The summed E-state index contributed by atoms with van der Waals surface area (Å²) in [5.41, 5.74) is 1.12. The van der Waals surface area contributed by atoms with Gasteiger partial charge in [0.05, 0.1) is 18.9 Å². The Hall–Kier alpha value is -1.44. The van der Waals surface area contributed by atoms with E-state index in [0.717, 1.165) is 71.0 Å². The molecule has 26 heavy (non-hydrogen) atoms. The first-order valence-electron chi connectivity index (χ1n) is 10.1. The van der Waals surface area contributed by atoms with E-state index in [1.165, 1.54) is 12.8 Å². The number of hydrogen-bond donors (Lipinski definition) is 1. The third kappa shape index (κ3) is 4.27. The number of ether oxygens (including phenoxy) is 1. The van der Waals surface area contributed by atoms with E-state index >= 15 is 0 Å². The van der Waals surface area contributed by atoms with Crippen LogP contribution in [0.2, 0.25) is 0 Å². The highest BCUT2D eigenvalue weighted by Crippen LogP contribution is 2.21. The lowest BCUT2D eigenvalue weighted by Gasteiger charge is -2.40. The Balaban J connectivity index is 1.25. The van der Waals surface area contributed by atoms with Gasteiger partial charge in [0.15, 0.2) is 0 Å². The lowest BCUT2D eigenvalue weighted by Crippen LogP contribution is -2.50. The van der Waals surface area contributed by atoms with E-state index in [1.54, 1.807) is 0 Å². The molecule has 1 N–H and O–H groups in total. The van der Waals surface area contributed by atoms with Crippen molar-refractivity contribution in [1.29, 1.82) is 0 Å². The molecule has 0 saturated carbocycles. The van der Waals surface area contributed by atoms with Gasteiger partial charge in [0, 0.05) is 50.9 Å². The van der Waals surface area contributed by atoms with Crippen molar-refractivity contribution in [3.63, 3.8) is 0 Å². The first kappa shape index (κ1) is 17.9. The minimum Gasteiger partial charge on any atom is -0.379 e. The number of carbonyl (C=O) groups excluding carboxylic acids is 1. The standard InChI is InChI=1S/C19H31N5O2/c25-19(15-24-9-5-18(21-24)16-2-1-6-20-14-16)23-7-3-17(4-8-23)22-10-12-26-13-11-22/h5,9,16-17,20H,1-4,6-8,10-15H2/t16-/m0/s1. The van der Waals surface area contributed by atoms with Crippen molar-refractivity contribution < 1.29 is 9.53 Å². The van der Waals surface area contributed by atoms with Crippen LogP contribution in [0.1, 0.15) is 37.3 Å². The van der Waals surface area contributed by atoms with E-state index < -0.39 is 0 Å². The lowest BCUT2D eigenvalue weighted by atomic mass is 9.97. The summed E-state index contributed by atoms with van der Waals surface area (Å²) in [4.78, 5) is 17.2. The summed E-state index contributed by atoms with van der Waals surface area (Å²) < 4.78 is 7.26. The Morgan fingerprint density at radius 3 is 2.73 bits per heavy atom. The summed E-state index contributed by atoms with van der Waals surface area (Å²) >= 11 is 0. The van der Waals surface area contributed by atoms with Crippen molar-refractivity contribution in [2.45, 2.75) is 44.2 Å². The zero-order valence-electron chi connectivity index (χ0n) is 15.6. The molecule has 1 amide bonds. The maximum Gasteiger partial charge on any atom is 0.244 e. The van der Waals surface area contributed by atoms with Crippen molar-refractivity contribution >= 4 is 5.91 Å². The van der Waals surface area contributed by atoms with Gasteiger partial charge < -0.3 is 15.0 Å². The number of likely N-dealkylation sites (tertiary alicyclic amines) is 1. The Kier molecular flexibility index (Phi) is 5.87. The molecule has 7 nitrogen and oxygen atoms in total. The fourth-order valence-electron chi connectivity index (χ4n) is 4.45. The van der Waals surface area contributed by atoms with E-state index in [0.29, 0.717) is 18.5 Å². The zero-order chi connectivity index (χ0) is 17.8. The molecule has 1 aromatic heterocycles. The van der Waals surface area contributed by atoms with E-state index in [-0.39, 0.29) is 5.91 Å². The minimum atomic E-state index is 0.196. The van der Waals surface area contributed by atoms with Crippen LogP contribution < -0.4 is 5.32 Å². The fourth-order valence-corrected chi connectivity index (χ4v) is 4.45. The molecule has 4 rings (SSSR count). The van der Waals surface area contributed by atoms with Gasteiger partial charge in [-0.3, -0.25) is 14.4 Å². The lowest BCUT2D eigenvalue weighted by molar-refractivity contribution is -0.133. The van der Waals surface area contributed by atoms with Crippen LogP contribution in [0.15, 0.2) is 12.3 Å². The second-order valence-corrected chi connectivity index (χ2v) is 7.74. The highest BCUT2D eigenvalue weighted by molar-refractivity contribution is 5.76. The molecule has 144 valence electrons. The van der Waals surface area contributed by atoms with Crippen LogP contribution in [0.5, 0.6) is 0 Å². The number of hydrogen-bond acceptors (Lipinski definition) is 5. The van der Waals surface area contributed by atoms with Crippen molar-refractivity contribution in [3.05, 3.63) is 18.0 Å². The second kappa shape index (κ2) is 8.50. The molecule has 4 heterocycles. The summed E-state index contributed by atoms with van der Waals surface area (Å²) in [7, 11) is 0. The molecule has 1 atom stereocenters. The van der Waals surface area contributed by atoms with Crippen molar-refractivity contribution in [1.82, 2.24) is 24.9 Å². The molecular weight excluding hydrogens is 330 g/mol. The number of morpholine rings is 1. The Labute approximate surface area is 155 Å². The van der Waals surface area contributed by atoms with E-state index in [1.807, 2.05) is 15.8 Å². The van der Waals surface area contributed by atoms with E-state index in [9.17, 15) is 4.79 Å². The third-order valence-corrected chi connectivity index (χ3v) is 6.05. The predicted octanol–water partition coefficient (Wildman–Crippen LogP) is 0.673. The maximum absolute atomic E-state index is 12.7. The van der Waals surface area contributed by atoms with E-state index in [4.69, 9.17) is 4.74 Å². The molecule has 0 aliphatic carbocycles. The average molecular weight is 361 g/mol. The highest BCUT2D eigenvalue weighted by atomic mass is 16.5. The van der Waals surface area contributed by atoms with Crippen LogP contribution in [-0.4, -0.2) is 84.0 Å². The normalized spacial score (nSPS) is 26.2. The monoisotopic (exact) mass is 361 g/mol. The molecule has 0 spiro atoms. The average Bonchev–Trinajstić information content (AvgIpc) is 3.18. The topological polar surface area (TPSA) is 62.6 Å². The SMILES string of the molecule is O=C(Cn1ccc([C@H]2CCCNC2)n1)N1CCC(N2CCOCC2)CC1. The number of aromatic nitrogens is 2. The molecule has 3 aliphatic heterocycles. The number of amides is 1. The number of nitrogens with one attached hydrogen (secondary N) is 1.